The molecule has 10 heterocycles. The molecular formula is C80H110N10. The zero-order valence-corrected chi connectivity index (χ0v) is 59.7. The third-order valence-electron chi connectivity index (χ3n) is 19.5. The molecule has 0 saturated heterocycles. The van der Waals surface area contributed by atoms with Crippen molar-refractivity contribution in [3.63, 3.8) is 0 Å². The number of aliphatic imine (C=N–C) groups is 1. The van der Waals surface area contributed by atoms with Crippen LogP contribution in [0.15, 0.2) is 207 Å². The SMILES string of the molecule is CC.CC.CC.CC.CC.CC1=C(C)C2C(C=C1)c1cccnc1N2C.CC1=C(C)C2C(C=C1)c1ccncc1N2C.CC1=C(C)C2C(C=C1)c1cnccc1N2C.CC1=C(C)C2C(C=C1)c1ncccc1N2C.CC1=C(C)C2C(N=C1)c1ccccc1N2C. The van der Waals surface area contributed by atoms with E-state index >= 15 is 0 Å². The fraction of sp³-hybridized carbons (Fsp3) is 0.438. The molecule has 4 aliphatic carbocycles. The van der Waals surface area contributed by atoms with Crippen molar-refractivity contribution in [3.8, 4) is 0 Å². The van der Waals surface area contributed by atoms with Gasteiger partial charge in [0.2, 0.25) is 0 Å². The Balaban J connectivity index is 0.000000173. The maximum atomic E-state index is 4.69. The summed E-state index contributed by atoms with van der Waals surface area (Å²) >= 11 is 0. The van der Waals surface area contributed by atoms with Gasteiger partial charge in [-0.05, 0) is 145 Å². The summed E-state index contributed by atoms with van der Waals surface area (Å²) in [5.74, 6) is 3.04. The van der Waals surface area contributed by atoms with Gasteiger partial charge in [0.15, 0.2) is 0 Å². The van der Waals surface area contributed by atoms with Crippen LogP contribution in [-0.4, -0.2) is 91.6 Å². The molecule has 0 amide bonds. The van der Waals surface area contributed by atoms with Crippen LogP contribution in [0.3, 0.4) is 0 Å². The summed E-state index contributed by atoms with van der Waals surface area (Å²) in [6, 6.07) is 23.9. The molecule has 10 atom stereocenters. The predicted octanol–water partition coefficient (Wildman–Crippen LogP) is 19.7. The van der Waals surface area contributed by atoms with Crippen LogP contribution in [0.25, 0.3) is 0 Å². The van der Waals surface area contributed by atoms with Gasteiger partial charge in [0.05, 0.1) is 53.5 Å². The van der Waals surface area contributed by atoms with Gasteiger partial charge in [-0.1, -0.05) is 164 Å². The smallest absolute Gasteiger partial charge is 0.132 e. The zero-order valence-electron chi connectivity index (χ0n) is 59.7. The van der Waals surface area contributed by atoms with Gasteiger partial charge in [-0.3, -0.25) is 19.9 Å². The lowest BCUT2D eigenvalue weighted by Gasteiger charge is -2.30. The van der Waals surface area contributed by atoms with Crippen LogP contribution in [0.2, 0.25) is 0 Å². The summed E-state index contributed by atoms with van der Waals surface area (Å²) in [6.45, 7) is 42.1. The second kappa shape index (κ2) is 32.2. The van der Waals surface area contributed by atoms with Crippen LogP contribution in [0.4, 0.5) is 28.6 Å². The first-order valence-electron chi connectivity index (χ1n) is 33.6. The van der Waals surface area contributed by atoms with Crippen LogP contribution >= 0.6 is 0 Å². The first kappa shape index (κ1) is 71.2. The number of benzene rings is 1. The van der Waals surface area contributed by atoms with E-state index in [1.54, 1.807) is 0 Å². The normalized spacial score (nSPS) is 24.4. The lowest BCUT2D eigenvalue weighted by Crippen LogP contribution is -2.33. The molecule has 5 aromatic rings. The maximum Gasteiger partial charge on any atom is 0.132 e. The minimum atomic E-state index is 0.296. The van der Waals surface area contributed by atoms with E-state index in [4.69, 9.17) is 4.99 Å². The standard InChI is InChI=1S/5C14H16N2.5C2H6/c1-9-4-5-12-11-6-7-15-8-13(11)16(3)14(12)10(9)2;1-9-4-5-11-12-8-15-7-6-13(12)16(3)14(11)10(9)2;1-9-6-7-11-13-12(5-4-8-15-13)16(3)14(11)10(9)2;1-9-6-7-11-12-5-4-8-15-14(12)16(3)13(11)10(9)2;1-9-8-15-13-11-6-4-5-7-12(11)16(3)14(13)10(9)2;5*1-2/h4-8,12,14H,1-3H3;2*4-8,11,14H,1-3H3;4-8,11,13H,1-3H3;4-8,13-14H,1-3H3;5*1-2H3. The lowest BCUT2D eigenvalue weighted by molar-refractivity contribution is 0.618. The van der Waals surface area contributed by atoms with E-state index in [9.17, 15) is 0 Å². The van der Waals surface area contributed by atoms with Crippen LogP contribution in [0.1, 0.15) is 196 Å². The molecule has 10 unspecified atom stereocenters. The highest BCUT2D eigenvalue weighted by Crippen LogP contribution is 2.50. The summed E-state index contributed by atoms with van der Waals surface area (Å²) in [7, 11) is 10.8. The number of para-hydroxylation sites is 1. The fourth-order valence-corrected chi connectivity index (χ4v) is 14.4. The second-order valence-electron chi connectivity index (χ2n) is 23.6. The first-order chi connectivity index (χ1) is 43.5. The van der Waals surface area contributed by atoms with Gasteiger partial charge in [0.1, 0.15) is 11.9 Å². The number of hydrogen-bond acceptors (Lipinski definition) is 10. The van der Waals surface area contributed by atoms with Crippen LogP contribution in [0.5, 0.6) is 0 Å². The number of aromatic nitrogens is 4. The molecule has 0 saturated carbocycles. The molecule has 0 spiro atoms. The van der Waals surface area contributed by atoms with Crippen molar-refractivity contribution < 1.29 is 0 Å². The summed E-state index contributed by atoms with van der Waals surface area (Å²) in [6.07, 6.45) is 31.8. The number of dihydropyridines is 1. The van der Waals surface area contributed by atoms with E-state index in [1.807, 2.05) is 125 Å². The Labute approximate surface area is 545 Å². The van der Waals surface area contributed by atoms with Gasteiger partial charge in [0, 0.05) is 124 Å². The van der Waals surface area contributed by atoms with Gasteiger partial charge in [-0.25, -0.2) is 4.98 Å². The monoisotopic (exact) mass is 1210 g/mol. The largest absolute Gasteiger partial charge is 0.367 e. The third-order valence-corrected chi connectivity index (χ3v) is 19.5. The maximum absolute atomic E-state index is 4.69. The number of rotatable bonds is 0. The van der Waals surface area contributed by atoms with Gasteiger partial charge >= 0.3 is 0 Å². The Bertz CT molecular complexity index is 3040. The fourth-order valence-electron chi connectivity index (χ4n) is 14.4. The average Bonchev–Trinajstić information content (AvgIpc) is 1.70. The molecule has 1 aromatic carbocycles. The highest BCUT2D eigenvalue weighted by molar-refractivity contribution is 5.83. The molecule has 0 radical (unpaired) electrons. The second-order valence-corrected chi connectivity index (χ2v) is 23.6. The molecule has 4 aromatic heterocycles. The van der Waals surface area contributed by atoms with Gasteiger partial charge in [-0.15, -0.1) is 0 Å². The molecular weight excluding hydrogens is 1100 g/mol. The summed E-state index contributed by atoms with van der Waals surface area (Å²) in [4.78, 5) is 34.0. The Morgan fingerprint density at radius 2 is 0.722 bits per heavy atom. The summed E-state index contributed by atoms with van der Waals surface area (Å²) < 4.78 is 0. The quantitative estimate of drug-likeness (QED) is 0.151. The Hall–Kier alpha value is -7.85. The number of likely N-dealkylation sites (N-methyl/N-ethyl adjacent to an activating group) is 5. The van der Waals surface area contributed by atoms with Crippen LogP contribution in [-0.2, 0) is 0 Å². The Morgan fingerprint density at radius 1 is 0.322 bits per heavy atom. The minimum Gasteiger partial charge on any atom is -0.367 e. The van der Waals surface area contributed by atoms with Gasteiger partial charge in [-0.2, -0.15) is 0 Å². The van der Waals surface area contributed by atoms with Crippen molar-refractivity contribution in [2.75, 3.05) is 59.7 Å². The van der Waals surface area contributed by atoms with E-state index in [2.05, 4.69) is 246 Å². The summed E-state index contributed by atoms with van der Waals surface area (Å²) in [5.41, 5.74) is 26.1. The van der Waals surface area contributed by atoms with E-state index in [-0.39, 0.29) is 0 Å². The number of pyridine rings is 4. The summed E-state index contributed by atoms with van der Waals surface area (Å²) in [5, 5.41) is 0. The van der Waals surface area contributed by atoms with Gasteiger partial charge < -0.3 is 24.5 Å². The Morgan fingerprint density at radius 3 is 1.31 bits per heavy atom. The highest BCUT2D eigenvalue weighted by Gasteiger charge is 2.43. The van der Waals surface area contributed by atoms with Gasteiger partial charge in [0.25, 0.3) is 0 Å². The van der Waals surface area contributed by atoms with Crippen molar-refractivity contribution in [2.24, 2.45) is 4.99 Å². The van der Waals surface area contributed by atoms with E-state index < -0.39 is 0 Å². The number of fused-ring (bicyclic) bond motifs is 15. The molecule has 10 nitrogen and oxygen atoms in total. The number of hydrogen-bond donors (Lipinski definition) is 0. The van der Waals surface area contributed by atoms with Crippen LogP contribution < -0.4 is 24.5 Å². The Kier molecular flexibility index (Phi) is 25.5. The molecule has 90 heavy (non-hydrogen) atoms. The molecule has 0 fully saturated rings. The molecule has 15 rings (SSSR count). The number of allylic oxidation sites excluding steroid dienone is 9. The zero-order chi connectivity index (χ0) is 66.4. The van der Waals surface area contributed by atoms with E-state index in [0.717, 1.165) is 5.82 Å². The molecule has 0 bridgehead atoms. The highest BCUT2D eigenvalue weighted by atomic mass is 15.2. The van der Waals surface area contributed by atoms with Crippen molar-refractivity contribution >= 4 is 34.8 Å². The number of anilines is 5. The molecule has 10 heteroatoms. The lowest BCUT2D eigenvalue weighted by atomic mass is 9.84. The molecule has 0 N–H and O–H groups in total. The van der Waals surface area contributed by atoms with E-state index in [0.29, 0.717) is 59.9 Å². The van der Waals surface area contributed by atoms with Crippen molar-refractivity contribution in [1.82, 2.24) is 19.9 Å². The molecule has 6 aliphatic heterocycles. The topological polar surface area (TPSA) is 80.1 Å². The first-order valence-corrected chi connectivity index (χ1v) is 33.6. The average molecular weight is 1210 g/mol. The van der Waals surface area contributed by atoms with Crippen molar-refractivity contribution in [1.29, 1.82) is 0 Å². The van der Waals surface area contributed by atoms with Crippen LogP contribution in [0, 0.1) is 0 Å². The predicted molar refractivity (Wildman–Crippen MR) is 392 cm³/mol. The van der Waals surface area contributed by atoms with E-state index in [1.165, 1.54) is 106 Å². The minimum absolute atomic E-state index is 0.296. The molecule has 10 aliphatic rings. The number of nitrogens with zero attached hydrogens (tertiary/aromatic N) is 10. The van der Waals surface area contributed by atoms with Crippen molar-refractivity contribution in [3.05, 3.63) is 230 Å². The van der Waals surface area contributed by atoms with Crippen molar-refractivity contribution in [2.45, 2.75) is 198 Å². The molecule has 480 valence electrons. The third kappa shape index (κ3) is 13.6.